The van der Waals surface area contributed by atoms with E-state index in [0.717, 1.165) is 0 Å². The lowest BCUT2D eigenvalue weighted by Crippen LogP contribution is -1.99. The molecule has 0 atom stereocenters. The molecule has 0 aliphatic heterocycles. The first-order valence-corrected chi connectivity index (χ1v) is 5.83. The van der Waals surface area contributed by atoms with Gasteiger partial charge in [0, 0.05) is 11.3 Å². The van der Waals surface area contributed by atoms with E-state index >= 15 is 0 Å². The van der Waals surface area contributed by atoms with Crippen molar-refractivity contribution in [2.24, 2.45) is 0 Å². The number of carboxylic acid groups (broad SMARTS) is 1. The molecule has 18 heavy (non-hydrogen) atoms. The molecule has 0 fully saturated rings. The summed E-state index contributed by atoms with van der Waals surface area (Å²) >= 11 is 12.0. The summed E-state index contributed by atoms with van der Waals surface area (Å²) in [5.74, 6) is -1.04. The largest absolute Gasteiger partial charge is 0.478 e. The van der Waals surface area contributed by atoms with Gasteiger partial charge in [-0.25, -0.2) is 4.79 Å². The molecule has 2 rings (SSSR count). The number of carboxylic acids is 1. The normalized spacial score (nSPS) is 10.3. The van der Waals surface area contributed by atoms with Crippen LogP contribution in [0.15, 0.2) is 36.4 Å². The maximum Gasteiger partial charge on any atom is 0.335 e. The van der Waals surface area contributed by atoms with Gasteiger partial charge in [-0.2, -0.15) is 0 Å². The van der Waals surface area contributed by atoms with Crippen LogP contribution in [0.3, 0.4) is 0 Å². The van der Waals surface area contributed by atoms with Gasteiger partial charge in [-0.05, 0) is 29.8 Å². The van der Waals surface area contributed by atoms with Crippen molar-refractivity contribution in [2.45, 2.75) is 0 Å². The summed E-state index contributed by atoms with van der Waals surface area (Å²) in [5, 5.41) is 9.78. The van der Waals surface area contributed by atoms with Crippen LogP contribution in [0.5, 0.6) is 0 Å². The predicted molar refractivity (Wildman–Crippen MR) is 73.3 cm³/mol. The van der Waals surface area contributed by atoms with Crippen molar-refractivity contribution >= 4 is 34.9 Å². The van der Waals surface area contributed by atoms with Crippen molar-refractivity contribution in [3.8, 4) is 11.1 Å². The van der Waals surface area contributed by atoms with Crippen molar-refractivity contribution in [3.63, 3.8) is 0 Å². The number of hydrogen-bond donors (Lipinski definition) is 2. The van der Waals surface area contributed by atoms with Gasteiger partial charge in [0.2, 0.25) is 0 Å². The van der Waals surface area contributed by atoms with Crippen LogP contribution in [0.25, 0.3) is 11.1 Å². The molecule has 0 saturated heterocycles. The SMILES string of the molecule is Nc1cc(C(=O)O)cc(-c2cccc(Cl)c2Cl)c1. The van der Waals surface area contributed by atoms with Gasteiger partial charge in [0.1, 0.15) is 0 Å². The van der Waals surface area contributed by atoms with Crippen LogP contribution in [-0.2, 0) is 0 Å². The second kappa shape index (κ2) is 4.88. The quantitative estimate of drug-likeness (QED) is 0.820. The van der Waals surface area contributed by atoms with Crippen LogP contribution in [0.1, 0.15) is 10.4 Å². The summed E-state index contributed by atoms with van der Waals surface area (Å²) in [7, 11) is 0. The highest BCUT2D eigenvalue weighted by atomic mass is 35.5. The van der Waals surface area contributed by atoms with Crippen molar-refractivity contribution in [1.29, 1.82) is 0 Å². The molecule has 5 heteroatoms. The zero-order valence-corrected chi connectivity index (χ0v) is 10.7. The summed E-state index contributed by atoms with van der Waals surface area (Å²) in [6.07, 6.45) is 0. The second-order valence-corrected chi connectivity index (χ2v) is 4.54. The van der Waals surface area contributed by atoms with Crippen LogP contribution in [0.2, 0.25) is 10.0 Å². The number of carbonyl (C=O) groups is 1. The van der Waals surface area contributed by atoms with Crippen LogP contribution in [0.4, 0.5) is 5.69 Å². The number of nitrogens with two attached hydrogens (primary N) is 1. The lowest BCUT2D eigenvalue weighted by Gasteiger charge is -2.08. The Morgan fingerprint density at radius 2 is 1.89 bits per heavy atom. The Morgan fingerprint density at radius 3 is 2.56 bits per heavy atom. The lowest BCUT2D eigenvalue weighted by molar-refractivity contribution is 0.0697. The van der Waals surface area contributed by atoms with E-state index in [-0.39, 0.29) is 5.56 Å². The third-order valence-electron chi connectivity index (χ3n) is 2.46. The van der Waals surface area contributed by atoms with Crippen molar-refractivity contribution in [2.75, 3.05) is 5.73 Å². The monoisotopic (exact) mass is 281 g/mol. The number of anilines is 1. The fourth-order valence-electron chi connectivity index (χ4n) is 1.66. The molecular weight excluding hydrogens is 273 g/mol. The zero-order chi connectivity index (χ0) is 13.3. The molecule has 92 valence electrons. The van der Waals surface area contributed by atoms with E-state index in [0.29, 0.717) is 26.9 Å². The Labute approximate surface area is 114 Å². The molecule has 0 heterocycles. The number of aromatic carboxylic acids is 1. The number of rotatable bonds is 2. The van der Waals surface area contributed by atoms with E-state index in [4.69, 9.17) is 34.0 Å². The Morgan fingerprint density at radius 1 is 1.17 bits per heavy atom. The molecule has 0 unspecified atom stereocenters. The third kappa shape index (κ3) is 2.42. The Balaban J connectivity index is 2.64. The topological polar surface area (TPSA) is 63.3 Å². The molecule has 2 aromatic rings. The van der Waals surface area contributed by atoms with E-state index in [2.05, 4.69) is 0 Å². The molecule has 0 aliphatic rings. The van der Waals surface area contributed by atoms with Gasteiger partial charge in [0.15, 0.2) is 0 Å². The van der Waals surface area contributed by atoms with Crippen LogP contribution in [0, 0.1) is 0 Å². The molecule has 3 nitrogen and oxygen atoms in total. The molecule has 0 amide bonds. The Hall–Kier alpha value is -1.71. The average molecular weight is 282 g/mol. The first-order valence-electron chi connectivity index (χ1n) is 5.07. The minimum atomic E-state index is -1.04. The first kappa shape index (κ1) is 12.7. The van der Waals surface area contributed by atoms with E-state index < -0.39 is 5.97 Å². The number of benzene rings is 2. The molecular formula is C13H9Cl2NO2. The smallest absolute Gasteiger partial charge is 0.335 e. The summed E-state index contributed by atoms with van der Waals surface area (Å²) in [5.41, 5.74) is 7.43. The highest BCUT2D eigenvalue weighted by molar-refractivity contribution is 6.43. The minimum absolute atomic E-state index is 0.112. The lowest BCUT2D eigenvalue weighted by atomic mass is 10.0. The number of hydrogen-bond acceptors (Lipinski definition) is 2. The number of nitrogen functional groups attached to an aromatic ring is 1. The van der Waals surface area contributed by atoms with Crippen LogP contribution in [-0.4, -0.2) is 11.1 Å². The van der Waals surface area contributed by atoms with E-state index in [1.54, 1.807) is 24.3 Å². The van der Waals surface area contributed by atoms with E-state index in [9.17, 15) is 4.79 Å². The molecule has 0 aliphatic carbocycles. The van der Waals surface area contributed by atoms with Gasteiger partial charge in [-0.3, -0.25) is 0 Å². The van der Waals surface area contributed by atoms with Gasteiger partial charge in [-0.1, -0.05) is 35.3 Å². The highest BCUT2D eigenvalue weighted by Gasteiger charge is 2.11. The first-order chi connectivity index (χ1) is 8.49. The van der Waals surface area contributed by atoms with Gasteiger partial charge in [0.05, 0.1) is 15.6 Å². The summed E-state index contributed by atoms with van der Waals surface area (Å²) in [6.45, 7) is 0. The summed E-state index contributed by atoms with van der Waals surface area (Å²) in [4.78, 5) is 11.0. The van der Waals surface area contributed by atoms with E-state index in [1.807, 2.05) is 0 Å². The molecule has 0 radical (unpaired) electrons. The maximum absolute atomic E-state index is 11.0. The molecule has 0 bridgehead atoms. The molecule has 0 spiro atoms. The van der Waals surface area contributed by atoms with Gasteiger partial charge in [-0.15, -0.1) is 0 Å². The Kier molecular flexibility index (Phi) is 3.45. The fourth-order valence-corrected chi connectivity index (χ4v) is 2.07. The molecule has 0 aromatic heterocycles. The fraction of sp³-hybridized carbons (Fsp3) is 0. The second-order valence-electron chi connectivity index (χ2n) is 3.75. The van der Waals surface area contributed by atoms with Crippen molar-refractivity contribution < 1.29 is 9.90 Å². The summed E-state index contributed by atoms with van der Waals surface area (Å²) in [6, 6.07) is 9.73. The average Bonchev–Trinajstić information content (AvgIpc) is 2.31. The zero-order valence-electron chi connectivity index (χ0n) is 9.15. The van der Waals surface area contributed by atoms with Crippen molar-refractivity contribution in [3.05, 3.63) is 52.0 Å². The van der Waals surface area contributed by atoms with Gasteiger partial charge < -0.3 is 10.8 Å². The maximum atomic E-state index is 11.0. The third-order valence-corrected chi connectivity index (χ3v) is 3.28. The minimum Gasteiger partial charge on any atom is -0.478 e. The molecule has 3 N–H and O–H groups in total. The Bertz CT molecular complexity index is 626. The summed E-state index contributed by atoms with van der Waals surface area (Å²) < 4.78 is 0. The van der Waals surface area contributed by atoms with Gasteiger partial charge >= 0.3 is 5.97 Å². The van der Waals surface area contributed by atoms with Gasteiger partial charge in [0.25, 0.3) is 0 Å². The van der Waals surface area contributed by atoms with Crippen LogP contribution >= 0.6 is 23.2 Å². The number of halogens is 2. The van der Waals surface area contributed by atoms with Crippen LogP contribution < -0.4 is 5.73 Å². The van der Waals surface area contributed by atoms with E-state index in [1.165, 1.54) is 12.1 Å². The standard InChI is InChI=1S/C13H9Cl2NO2/c14-11-3-1-2-10(12(11)15)7-4-8(13(17)18)6-9(16)5-7/h1-6H,16H2,(H,17,18). The predicted octanol–water partition coefficient (Wildman–Crippen LogP) is 3.94. The van der Waals surface area contributed by atoms with Crippen molar-refractivity contribution in [1.82, 2.24) is 0 Å². The highest BCUT2D eigenvalue weighted by Crippen LogP contribution is 2.34. The molecule has 2 aromatic carbocycles. The molecule has 0 saturated carbocycles.